The number of nitrogens with one attached hydrogen (secondary N) is 1. The second kappa shape index (κ2) is 7.26. The predicted molar refractivity (Wildman–Crippen MR) is 90.6 cm³/mol. The summed E-state index contributed by atoms with van der Waals surface area (Å²) in [7, 11) is 4.61. The number of hydrogen-bond donors (Lipinski definition) is 1. The molecule has 0 bridgehead atoms. The lowest BCUT2D eigenvalue weighted by Gasteiger charge is -2.06. The first-order valence-electron chi connectivity index (χ1n) is 7.29. The van der Waals surface area contributed by atoms with Crippen LogP contribution in [0.2, 0.25) is 0 Å². The minimum Gasteiger partial charge on any atom is -0.467 e. The van der Waals surface area contributed by atoms with Crippen molar-refractivity contribution in [3.8, 4) is 22.6 Å². The first kappa shape index (κ1) is 16.8. The van der Waals surface area contributed by atoms with Crippen molar-refractivity contribution in [3.05, 3.63) is 35.1 Å². The van der Waals surface area contributed by atoms with Crippen molar-refractivity contribution < 1.29 is 14.3 Å². The topological polar surface area (TPSA) is 104 Å². The summed E-state index contributed by atoms with van der Waals surface area (Å²) in [5.74, 6) is 0.0499. The fourth-order valence-corrected chi connectivity index (χ4v) is 2.80. The molecule has 130 valence electrons. The Hall–Kier alpha value is -3.01. The van der Waals surface area contributed by atoms with Crippen LogP contribution in [-0.2, 0) is 13.6 Å². The molecule has 9 nitrogen and oxygen atoms in total. The number of ether oxygens (including phenoxy) is 2. The van der Waals surface area contributed by atoms with E-state index in [4.69, 9.17) is 9.47 Å². The van der Waals surface area contributed by atoms with Gasteiger partial charge in [0, 0.05) is 7.05 Å². The molecule has 3 rings (SSSR count). The summed E-state index contributed by atoms with van der Waals surface area (Å²) >= 11 is 1.57. The van der Waals surface area contributed by atoms with Crippen LogP contribution in [0.5, 0.6) is 12.0 Å². The van der Waals surface area contributed by atoms with Crippen LogP contribution < -0.4 is 14.8 Å². The van der Waals surface area contributed by atoms with Gasteiger partial charge in [-0.3, -0.25) is 9.48 Å². The van der Waals surface area contributed by atoms with E-state index < -0.39 is 0 Å². The number of carbonyl (C=O) groups excluding carboxylic acids is 1. The maximum absolute atomic E-state index is 12.4. The van der Waals surface area contributed by atoms with Crippen molar-refractivity contribution in [2.75, 3.05) is 14.2 Å². The molecule has 0 aromatic carbocycles. The van der Waals surface area contributed by atoms with Gasteiger partial charge in [0.05, 0.1) is 25.6 Å². The lowest BCUT2D eigenvalue weighted by atomic mass is 10.3. The van der Waals surface area contributed by atoms with Crippen molar-refractivity contribution in [1.82, 2.24) is 30.0 Å². The van der Waals surface area contributed by atoms with Crippen LogP contribution in [0.4, 0.5) is 0 Å². The molecule has 0 aliphatic rings. The number of thiophene rings is 1. The molecule has 0 saturated carbocycles. The van der Waals surface area contributed by atoms with Crippen molar-refractivity contribution in [1.29, 1.82) is 0 Å². The van der Waals surface area contributed by atoms with Crippen molar-refractivity contribution in [2.45, 2.75) is 6.54 Å². The Balaban J connectivity index is 1.73. The highest BCUT2D eigenvalue weighted by molar-refractivity contribution is 7.13. The molecule has 0 radical (unpaired) electrons. The van der Waals surface area contributed by atoms with Crippen molar-refractivity contribution in [3.63, 3.8) is 0 Å². The average molecular weight is 360 g/mol. The van der Waals surface area contributed by atoms with Crippen LogP contribution in [0.3, 0.4) is 0 Å². The van der Waals surface area contributed by atoms with Gasteiger partial charge in [0.1, 0.15) is 11.4 Å². The van der Waals surface area contributed by atoms with E-state index in [1.54, 1.807) is 29.1 Å². The summed E-state index contributed by atoms with van der Waals surface area (Å²) in [5, 5.41) is 9.09. The highest BCUT2D eigenvalue weighted by Crippen LogP contribution is 2.23. The molecule has 25 heavy (non-hydrogen) atoms. The molecule has 3 aromatic rings. The maximum Gasteiger partial charge on any atom is 0.322 e. The molecule has 0 aliphatic heterocycles. The fraction of sp³-hybridized carbons (Fsp3) is 0.267. The van der Waals surface area contributed by atoms with Crippen LogP contribution in [0.25, 0.3) is 10.6 Å². The van der Waals surface area contributed by atoms with Gasteiger partial charge >= 0.3 is 12.0 Å². The van der Waals surface area contributed by atoms with Crippen LogP contribution in [-0.4, -0.2) is 44.9 Å². The van der Waals surface area contributed by atoms with Crippen LogP contribution >= 0.6 is 11.3 Å². The Labute approximate surface area is 147 Å². The smallest absolute Gasteiger partial charge is 0.322 e. The summed E-state index contributed by atoms with van der Waals surface area (Å²) < 4.78 is 11.5. The van der Waals surface area contributed by atoms with E-state index in [2.05, 4.69) is 25.4 Å². The lowest BCUT2D eigenvalue weighted by Crippen LogP contribution is -2.26. The average Bonchev–Trinajstić information content (AvgIpc) is 3.28. The number of aromatic nitrogens is 5. The molecule has 3 heterocycles. The van der Waals surface area contributed by atoms with Gasteiger partial charge in [-0.1, -0.05) is 6.07 Å². The molecule has 0 fully saturated rings. The van der Waals surface area contributed by atoms with Crippen LogP contribution in [0.1, 0.15) is 16.3 Å². The van der Waals surface area contributed by atoms with E-state index in [1.807, 2.05) is 17.5 Å². The third kappa shape index (κ3) is 3.74. The molecular formula is C15H16N6O3S. The second-order valence-electron chi connectivity index (χ2n) is 4.92. The molecule has 0 atom stereocenters. The van der Waals surface area contributed by atoms with Gasteiger partial charge in [-0.05, 0) is 17.5 Å². The van der Waals surface area contributed by atoms with Crippen molar-refractivity contribution >= 4 is 17.2 Å². The lowest BCUT2D eigenvalue weighted by molar-refractivity contribution is 0.0940. The third-order valence-corrected chi connectivity index (χ3v) is 4.19. The molecule has 0 spiro atoms. The first-order valence-corrected chi connectivity index (χ1v) is 8.17. The van der Waals surface area contributed by atoms with Gasteiger partial charge in [-0.25, -0.2) is 0 Å². The standard InChI is InChI=1S/C15H16N6O3S/c1-21-10(7-9(20-21)11-5-4-6-25-11)13(22)16-8-12-17-14(23-2)19-15(18-12)24-3/h4-7H,8H2,1-3H3,(H,16,22). The number of aryl methyl sites for hydroxylation is 1. The molecule has 3 aromatic heterocycles. The zero-order valence-corrected chi connectivity index (χ0v) is 14.7. The minimum absolute atomic E-state index is 0.105. The summed E-state index contributed by atoms with van der Waals surface area (Å²) in [6.07, 6.45) is 0. The zero-order valence-electron chi connectivity index (χ0n) is 13.9. The molecule has 0 unspecified atom stereocenters. The van der Waals surface area contributed by atoms with Gasteiger partial charge < -0.3 is 14.8 Å². The maximum atomic E-state index is 12.4. The molecule has 0 aliphatic carbocycles. The fourth-order valence-electron chi connectivity index (χ4n) is 2.11. The van der Waals surface area contributed by atoms with E-state index in [0.717, 1.165) is 10.6 Å². The quantitative estimate of drug-likeness (QED) is 0.706. The predicted octanol–water partition coefficient (Wildman–Crippen LogP) is 1.28. The Morgan fingerprint density at radius 3 is 2.56 bits per heavy atom. The Morgan fingerprint density at radius 1 is 1.24 bits per heavy atom. The van der Waals surface area contributed by atoms with Crippen molar-refractivity contribution in [2.24, 2.45) is 7.05 Å². The number of nitrogens with zero attached hydrogens (tertiary/aromatic N) is 5. The monoisotopic (exact) mass is 360 g/mol. The van der Waals surface area contributed by atoms with E-state index in [9.17, 15) is 4.79 Å². The van der Waals surface area contributed by atoms with E-state index in [-0.39, 0.29) is 24.5 Å². The largest absolute Gasteiger partial charge is 0.467 e. The summed E-state index contributed by atoms with van der Waals surface area (Å²) in [4.78, 5) is 25.5. The number of carbonyl (C=O) groups is 1. The van der Waals surface area contributed by atoms with Gasteiger partial charge in [0.25, 0.3) is 5.91 Å². The number of methoxy groups -OCH3 is 2. The Kier molecular flexibility index (Phi) is 4.89. The molecule has 10 heteroatoms. The Morgan fingerprint density at radius 2 is 1.96 bits per heavy atom. The summed E-state index contributed by atoms with van der Waals surface area (Å²) in [6.45, 7) is 0.105. The van der Waals surface area contributed by atoms with Gasteiger partial charge in [-0.2, -0.15) is 15.1 Å². The normalized spacial score (nSPS) is 10.5. The number of amides is 1. The summed E-state index contributed by atoms with van der Waals surface area (Å²) in [5.41, 5.74) is 1.20. The van der Waals surface area contributed by atoms with Gasteiger partial charge in [0.2, 0.25) is 0 Å². The van der Waals surface area contributed by atoms with E-state index >= 15 is 0 Å². The van der Waals surface area contributed by atoms with E-state index in [1.165, 1.54) is 14.2 Å². The number of hydrogen-bond acceptors (Lipinski definition) is 8. The van der Waals surface area contributed by atoms with Gasteiger partial charge in [-0.15, -0.1) is 16.3 Å². The molecule has 1 N–H and O–H groups in total. The summed E-state index contributed by atoms with van der Waals surface area (Å²) in [6, 6.07) is 5.89. The SMILES string of the molecule is COc1nc(CNC(=O)c2cc(-c3cccs3)nn2C)nc(OC)n1. The van der Waals surface area contributed by atoms with Crippen LogP contribution in [0.15, 0.2) is 23.6 Å². The van der Waals surface area contributed by atoms with E-state index in [0.29, 0.717) is 11.5 Å². The van der Waals surface area contributed by atoms with Gasteiger partial charge in [0.15, 0.2) is 5.82 Å². The first-order chi connectivity index (χ1) is 12.1. The highest BCUT2D eigenvalue weighted by atomic mass is 32.1. The van der Waals surface area contributed by atoms with Crippen LogP contribution in [0, 0.1) is 0 Å². The highest BCUT2D eigenvalue weighted by Gasteiger charge is 2.16. The number of rotatable bonds is 6. The molecule has 0 saturated heterocycles. The third-order valence-electron chi connectivity index (χ3n) is 3.30. The minimum atomic E-state index is -0.281. The molecule has 1 amide bonds. The molecular weight excluding hydrogens is 344 g/mol. The second-order valence-corrected chi connectivity index (χ2v) is 5.87. The Bertz CT molecular complexity index is 855. The zero-order chi connectivity index (χ0) is 17.8.